The van der Waals surface area contributed by atoms with Crippen LogP contribution in [0.25, 0.3) is 20.3 Å². The summed E-state index contributed by atoms with van der Waals surface area (Å²) in [5, 5.41) is 9.91. The molecule has 12 heteroatoms. The molecule has 0 fully saturated rings. The Morgan fingerprint density at radius 3 is 2.05 bits per heavy atom. The zero-order chi connectivity index (χ0) is 31.3. The fraction of sp³-hybridized carbons (Fsp3) is 0.387. The van der Waals surface area contributed by atoms with Crippen LogP contribution in [0.1, 0.15) is 59.4 Å². The molecule has 0 saturated heterocycles. The molecule has 0 spiro atoms. The summed E-state index contributed by atoms with van der Waals surface area (Å²) in [7, 11) is 3.05. The first-order chi connectivity index (χ1) is 20.5. The monoisotopic (exact) mass is 627 g/mol. The maximum Gasteiger partial charge on any atom is 0.306 e. The number of ether oxygens (including phenoxy) is 4. The van der Waals surface area contributed by atoms with Gasteiger partial charge in [0.1, 0.15) is 5.78 Å². The van der Waals surface area contributed by atoms with E-state index in [0.717, 1.165) is 14.8 Å². The van der Waals surface area contributed by atoms with Gasteiger partial charge in [-0.1, -0.05) is 13.8 Å². The van der Waals surface area contributed by atoms with Crippen molar-refractivity contribution in [1.82, 2.24) is 4.98 Å². The minimum absolute atomic E-state index is 0.0235. The number of nitrogens with zero attached hydrogens (tertiary/aromatic N) is 1. The van der Waals surface area contributed by atoms with Gasteiger partial charge in [0, 0.05) is 42.0 Å². The van der Waals surface area contributed by atoms with E-state index in [2.05, 4.69) is 4.98 Å². The van der Waals surface area contributed by atoms with Gasteiger partial charge in [-0.2, -0.15) is 0 Å². The fourth-order valence-electron chi connectivity index (χ4n) is 4.17. The summed E-state index contributed by atoms with van der Waals surface area (Å²) >= 11 is 2.59. The Bertz CT molecular complexity index is 1550. The molecule has 43 heavy (non-hydrogen) atoms. The van der Waals surface area contributed by atoms with E-state index >= 15 is 0 Å². The second-order valence-corrected chi connectivity index (χ2v) is 12.4. The zero-order valence-corrected chi connectivity index (χ0v) is 26.2. The highest BCUT2D eigenvalue weighted by atomic mass is 32.1. The molecule has 0 bridgehead atoms. The third-order valence-electron chi connectivity index (χ3n) is 6.89. The van der Waals surface area contributed by atoms with E-state index in [1.165, 1.54) is 50.7 Å². The maximum absolute atomic E-state index is 12.7. The van der Waals surface area contributed by atoms with Gasteiger partial charge in [0.15, 0.2) is 28.8 Å². The van der Waals surface area contributed by atoms with Crippen LogP contribution in [-0.4, -0.2) is 60.8 Å². The lowest BCUT2D eigenvalue weighted by atomic mass is 10.0. The Hall–Kier alpha value is -4.03. The normalized spacial score (nSPS) is 12.6. The number of carboxylic acids is 1. The third kappa shape index (κ3) is 7.68. The zero-order valence-electron chi connectivity index (χ0n) is 24.6. The third-order valence-corrected chi connectivity index (χ3v) is 9.14. The van der Waals surface area contributed by atoms with Crippen LogP contribution in [0.3, 0.4) is 0 Å². The number of carbonyl (C=O) groups excluding carboxylic acids is 3. The van der Waals surface area contributed by atoms with E-state index in [9.17, 15) is 19.2 Å². The number of carboxylic acid groups (broad SMARTS) is 1. The lowest BCUT2D eigenvalue weighted by molar-refractivity contribution is -0.141. The van der Waals surface area contributed by atoms with Crippen LogP contribution in [0.2, 0.25) is 0 Å². The predicted octanol–water partition coefficient (Wildman–Crippen LogP) is 6.47. The maximum atomic E-state index is 12.7. The van der Waals surface area contributed by atoms with E-state index in [0.29, 0.717) is 51.4 Å². The van der Waals surface area contributed by atoms with Gasteiger partial charge >= 0.3 is 5.97 Å². The van der Waals surface area contributed by atoms with E-state index in [1.54, 1.807) is 37.3 Å². The highest BCUT2D eigenvalue weighted by Gasteiger charge is 2.21. The second kappa shape index (κ2) is 14.0. The molecular weight excluding hydrogens is 594 g/mol. The second-order valence-electron chi connectivity index (χ2n) is 10.2. The quantitative estimate of drug-likeness (QED) is 0.109. The lowest BCUT2D eigenvalue weighted by Crippen LogP contribution is -2.13. The average Bonchev–Trinajstić information content (AvgIpc) is 3.59. The van der Waals surface area contributed by atoms with Gasteiger partial charge in [0.2, 0.25) is 0 Å². The van der Waals surface area contributed by atoms with Crippen LogP contribution < -0.4 is 18.9 Å². The van der Waals surface area contributed by atoms with Gasteiger partial charge in [-0.3, -0.25) is 19.2 Å². The van der Waals surface area contributed by atoms with Gasteiger partial charge in [-0.25, -0.2) is 4.98 Å². The summed E-state index contributed by atoms with van der Waals surface area (Å²) in [6.45, 7) is 5.33. The number of rotatable bonds is 16. The molecule has 0 aliphatic carbocycles. The molecule has 3 aromatic heterocycles. The molecule has 0 amide bonds. The number of carbonyl (C=O) groups is 4. The number of pyridine rings is 1. The Morgan fingerprint density at radius 2 is 1.40 bits per heavy atom. The molecule has 228 valence electrons. The van der Waals surface area contributed by atoms with Crippen molar-refractivity contribution < 1.29 is 43.2 Å². The summed E-state index contributed by atoms with van der Waals surface area (Å²) in [6, 6.07) is 8.84. The summed E-state index contributed by atoms with van der Waals surface area (Å²) in [4.78, 5) is 53.5. The first-order valence-corrected chi connectivity index (χ1v) is 15.3. The van der Waals surface area contributed by atoms with Gasteiger partial charge in [-0.15, -0.1) is 22.7 Å². The van der Waals surface area contributed by atoms with E-state index in [4.69, 9.17) is 24.1 Å². The molecule has 0 unspecified atom stereocenters. The SMILES string of the molecule is COc1cc2sc(C(=O)C[C@H](C)C(=O)O)cc2cc1OCCCOc1nc2cc(C(=O)C[C@H](C)C(C)=O)sc2cc1OC. The van der Waals surface area contributed by atoms with E-state index < -0.39 is 11.9 Å². The van der Waals surface area contributed by atoms with Crippen LogP contribution >= 0.6 is 22.7 Å². The van der Waals surface area contributed by atoms with Crippen LogP contribution in [0, 0.1) is 11.8 Å². The van der Waals surface area contributed by atoms with Crippen LogP contribution in [0.5, 0.6) is 23.1 Å². The number of methoxy groups -OCH3 is 2. The smallest absolute Gasteiger partial charge is 0.306 e. The molecule has 4 aromatic rings. The van der Waals surface area contributed by atoms with Gasteiger partial charge < -0.3 is 24.1 Å². The highest BCUT2D eigenvalue weighted by molar-refractivity contribution is 7.21. The van der Waals surface area contributed by atoms with Gasteiger partial charge in [-0.05, 0) is 30.5 Å². The Kier molecular flexibility index (Phi) is 10.4. The molecule has 0 radical (unpaired) electrons. The van der Waals surface area contributed by atoms with Gasteiger partial charge in [0.25, 0.3) is 5.88 Å². The number of hydrogen-bond acceptors (Lipinski definition) is 11. The van der Waals surface area contributed by atoms with Crippen molar-refractivity contribution in [2.75, 3.05) is 27.4 Å². The largest absolute Gasteiger partial charge is 0.493 e. The molecule has 10 nitrogen and oxygen atoms in total. The first-order valence-electron chi connectivity index (χ1n) is 13.7. The molecule has 0 saturated carbocycles. The molecule has 1 aromatic carbocycles. The van der Waals surface area contributed by atoms with E-state index in [-0.39, 0.29) is 42.7 Å². The predicted molar refractivity (Wildman–Crippen MR) is 165 cm³/mol. The van der Waals surface area contributed by atoms with Crippen molar-refractivity contribution in [1.29, 1.82) is 0 Å². The van der Waals surface area contributed by atoms with Crippen LogP contribution in [0.4, 0.5) is 0 Å². The van der Waals surface area contributed by atoms with Crippen molar-refractivity contribution in [3.05, 3.63) is 40.1 Å². The van der Waals surface area contributed by atoms with Crippen molar-refractivity contribution >= 4 is 66.3 Å². The van der Waals surface area contributed by atoms with Crippen molar-refractivity contribution in [3.8, 4) is 23.1 Å². The number of fused-ring (bicyclic) bond motifs is 2. The number of benzene rings is 1. The molecular formula is C31H33NO9S2. The highest BCUT2D eigenvalue weighted by Crippen LogP contribution is 2.38. The minimum Gasteiger partial charge on any atom is -0.493 e. The number of aromatic nitrogens is 1. The summed E-state index contributed by atoms with van der Waals surface area (Å²) in [5.74, 6) is -0.672. The van der Waals surface area contributed by atoms with E-state index in [1.807, 2.05) is 0 Å². The van der Waals surface area contributed by atoms with Gasteiger partial charge in [0.05, 0.1) is 53.3 Å². The Morgan fingerprint density at radius 1 is 0.791 bits per heavy atom. The summed E-state index contributed by atoms with van der Waals surface area (Å²) in [6.07, 6.45) is 0.597. The minimum atomic E-state index is -1.00. The fourth-order valence-corrected chi connectivity index (χ4v) is 6.18. The number of thiophene rings is 2. The average molecular weight is 628 g/mol. The number of ketones is 3. The molecule has 4 rings (SSSR count). The molecule has 3 heterocycles. The summed E-state index contributed by atoms with van der Waals surface area (Å²) in [5.41, 5.74) is 0.611. The van der Waals surface area contributed by atoms with Crippen molar-refractivity contribution in [3.63, 3.8) is 0 Å². The molecule has 2 atom stereocenters. The molecule has 1 N–H and O–H groups in total. The van der Waals surface area contributed by atoms with Crippen molar-refractivity contribution in [2.24, 2.45) is 11.8 Å². The Balaban J connectivity index is 1.38. The van der Waals surface area contributed by atoms with Crippen molar-refractivity contribution in [2.45, 2.75) is 40.0 Å². The Labute approximate surface area is 256 Å². The van der Waals surface area contributed by atoms with Crippen LogP contribution in [0.15, 0.2) is 30.3 Å². The number of aliphatic carboxylic acids is 1. The summed E-state index contributed by atoms with van der Waals surface area (Å²) < 4.78 is 24.4. The standard InChI is InChI=1S/C31H33NO9S2/c1-16(18(3)33)9-21(34)29-13-20-27(43-29)15-25(39-5)30(32-20)41-8-6-7-40-24-11-19-12-28(22(35)10-17(2)31(36)37)42-26(19)14-23(24)38-4/h11-17H,6-10H2,1-5H3,(H,36,37)/t16-,17-/m0/s1. The van der Waals surface area contributed by atoms with Crippen LogP contribution in [-0.2, 0) is 9.59 Å². The number of Topliss-reactive ketones (excluding diaryl/α,β-unsaturated/α-hetero) is 3. The molecule has 0 aliphatic rings. The lowest BCUT2D eigenvalue weighted by Gasteiger charge is -2.12. The molecule has 0 aliphatic heterocycles. The number of hydrogen-bond donors (Lipinski definition) is 1. The topological polar surface area (TPSA) is 138 Å². The first kappa shape index (κ1) is 31.9.